The van der Waals surface area contributed by atoms with Crippen LogP contribution in [-0.4, -0.2) is 85.8 Å². The smallest absolute Gasteiger partial charge is 0.350 e. The van der Waals surface area contributed by atoms with Crippen molar-refractivity contribution in [1.82, 2.24) is 29.1 Å². The number of aliphatic hydroxyl groups is 1. The van der Waals surface area contributed by atoms with E-state index >= 15 is 0 Å². The Labute approximate surface area is 306 Å². The van der Waals surface area contributed by atoms with Crippen molar-refractivity contribution in [2.75, 3.05) is 49.2 Å². The van der Waals surface area contributed by atoms with E-state index in [1.54, 1.807) is 41.3 Å². The molecule has 0 amide bonds. The van der Waals surface area contributed by atoms with Crippen molar-refractivity contribution in [2.24, 2.45) is 0 Å². The van der Waals surface area contributed by atoms with Crippen LogP contribution in [0.15, 0.2) is 90.5 Å². The fourth-order valence-corrected chi connectivity index (χ4v) is 6.64. The van der Waals surface area contributed by atoms with Crippen molar-refractivity contribution >= 4 is 34.6 Å². The van der Waals surface area contributed by atoms with Crippen molar-refractivity contribution in [1.29, 1.82) is 0 Å². The number of piperazine rings is 1. The second-order valence-corrected chi connectivity index (χ2v) is 12.8. The Morgan fingerprint density at radius 1 is 1.00 bits per heavy atom. The van der Waals surface area contributed by atoms with Crippen LogP contribution in [0.5, 0.6) is 5.75 Å². The highest BCUT2D eigenvalue weighted by molar-refractivity contribution is 6.35. The molecule has 0 spiro atoms. The Morgan fingerprint density at radius 3 is 2.32 bits per heavy atom. The predicted molar refractivity (Wildman–Crippen MR) is 190 cm³/mol. The van der Waals surface area contributed by atoms with Gasteiger partial charge in [-0.25, -0.2) is 23.7 Å². The van der Waals surface area contributed by atoms with Crippen molar-refractivity contribution in [3.05, 3.63) is 112 Å². The monoisotopic (exact) mass is 725 g/mol. The van der Waals surface area contributed by atoms with Gasteiger partial charge in [0.25, 0.3) is 0 Å². The standard InChI is InChI=1S/C35H38Cl2N8O5/c1-24(25(2)46)45-34(47)44(23-40-45)29-6-4-27(5-7-29)41-13-15-42(16-14-41)28-8-10-30(11-9-28)48-18-31-19-49-35(50-31,20-43-22-38-21-39-43)32-12-3-26(36)17-33(32)37/h3-12,17,21-25,31,46H,13-16,18-20H2,1-2H3/t24?,25?,31-,35-/m0/s1/i2D3,24D,25D. The molecule has 4 heterocycles. The Morgan fingerprint density at radius 2 is 1.68 bits per heavy atom. The van der Waals surface area contributed by atoms with Crippen LogP contribution in [0.1, 0.15) is 32.2 Å². The highest BCUT2D eigenvalue weighted by Gasteiger charge is 2.45. The molecule has 0 saturated carbocycles. The van der Waals surface area contributed by atoms with Crippen LogP contribution in [0.4, 0.5) is 11.4 Å². The summed E-state index contributed by atoms with van der Waals surface area (Å²) in [6, 6.07) is 17.7. The SMILES string of the molecule is [2H]C([2H])([2H])C([2H])(O)C([2H])(C)n1ncn(-c2ccc(N3CCN(c4ccc(OC[C@H]5CO[C@](Cn6cncn6)(c6ccc(Cl)cc6Cl)O5)cc4)CC3)cc2)c1=O. The minimum Gasteiger partial charge on any atom is -0.491 e. The summed E-state index contributed by atoms with van der Waals surface area (Å²) in [7, 11) is 0. The van der Waals surface area contributed by atoms with Crippen LogP contribution in [0, 0.1) is 0 Å². The molecule has 0 aliphatic carbocycles. The average molecular weight is 727 g/mol. The zero-order chi connectivity index (χ0) is 39.2. The van der Waals surface area contributed by atoms with E-state index in [-0.39, 0.29) is 25.9 Å². The number of benzene rings is 3. The van der Waals surface area contributed by atoms with Crippen LogP contribution in [0.25, 0.3) is 5.69 Å². The summed E-state index contributed by atoms with van der Waals surface area (Å²) in [4.78, 5) is 21.7. The van der Waals surface area contributed by atoms with E-state index in [0.29, 0.717) is 31.7 Å². The molecular formula is C35H38Cl2N8O5. The lowest BCUT2D eigenvalue weighted by atomic mass is 10.1. The predicted octanol–water partition coefficient (Wildman–Crippen LogP) is 4.55. The molecule has 2 fully saturated rings. The van der Waals surface area contributed by atoms with Gasteiger partial charge < -0.3 is 29.1 Å². The van der Waals surface area contributed by atoms with E-state index in [0.717, 1.165) is 55.4 Å². The van der Waals surface area contributed by atoms with Crippen molar-refractivity contribution in [3.8, 4) is 11.4 Å². The van der Waals surface area contributed by atoms with Gasteiger partial charge in [0, 0.05) is 52.3 Å². The maximum Gasteiger partial charge on any atom is 0.350 e. The van der Waals surface area contributed by atoms with E-state index in [9.17, 15) is 9.90 Å². The van der Waals surface area contributed by atoms with Crippen LogP contribution in [-0.2, 0) is 21.8 Å². The van der Waals surface area contributed by atoms with Crippen LogP contribution < -0.4 is 20.2 Å². The number of nitrogens with zero attached hydrogens (tertiary/aromatic N) is 8. The summed E-state index contributed by atoms with van der Waals surface area (Å²) in [5.41, 5.74) is 2.22. The summed E-state index contributed by atoms with van der Waals surface area (Å²) in [6.07, 6.45) is 0.497. The van der Waals surface area contributed by atoms with Gasteiger partial charge in [-0.05, 0) is 74.4 Å². The van der Waals surface area contributed by atoms with Gasteiger partial charge in [0.15, 0.2) is 0 Å². The van der Waals surface area contributed by atoms with Crippen molar-refractivity contribution < 1.29 is 26.2 Å². The van der Waals surface area contributed by atoms with E-state index in [2.05, 4.69) is 25.0 Å². The first kappa shape index (κ1) is 28.3. The van der Waals surface area contributed by atoms with Gasteiger partial charge in [0.2, 0.25) is 5.79 Å². The number of ether oxygens (including phenoxy) is 3. The number of anilines is 2. The first-order valence-corrected chi connectivity index (χ1v) is 16.7. The molecule has 2 aliphatic rings. The van der Waals surface area contributed by atoms with Crippen LogP contribution >= 0.6 is 23.2 Å². The maximum absolute atomic E-state index is 13.1. The summed E-state index contributed by atoms with van der Waals surface area (Å²) in [5, 5.41) is 19.3. The molecule has 7 rings (SSSR count). The zero-order valence-electron chi connectivity index (χ0n) is 32.0. The summed E-state index contributed by atoms with van der Waals surface area (Å²) in [5.74, 6) is -0.511. The van der Waals surface area contributed by atoms with Gasteiger partial charge in [-0.2, -0.15) is 10.2 Å². The lowest BCUT2D eigenvalue weighted by molar-refractivity contribution is -0.190. The van der Waals surface area contributed by atoms with Crippen molar-refractivity contribution in [2.45, 2.75) is 44.3 Å². The lowest BCUT2D eigenvalue weighted by Crippen LogP contribution is -2.46. The highest BCUT2D eigenvalue weighted by atomic mass is 35.5. The zero-order valence-corrected chi connectivity index (χ0v) is 28.5. The molecular weight excluding hydrogens is 683 g/mol. The maximum atomic E-state index is 13.1. The molecule has 262 valence electrons. The number of halogens is 2. The van der Waals surface area contributed by atoms with Crippen molar-refractivity contribution in [3.63, 3.8) is 0 Å². The number of hydrogen-bond donors (Lipinski definition) is 1. The summed E-state index contributed by atoms with van der Waals surface area (Å²) >= 11 is 12.7. The van der Waals surface area contributed by atoms with Gasteiger partial charge in [0.05, 0.1) is 32.2 Å². The molecule has 2 aromatic heterocycles. The normalized spacial score (nSPS) is 23.6. The molecule has 3 aromatic carbocycles. The summed E-state index contributed by atoms with van der Waals surface area (Å²) in [6.45, 7) is 1.51. The highest BCUT2D eigenvalue weighted by Crippen LogP contribution is 2.40. The van der Waals surface area contributed by atoms with Gasteiger partial charge in [0.1, 0.15) is 44.0 Å². The molecule has 2 aliphatic heterocycles. The molecule has 50 heavy (non-hydrogen) atoms. The van der Waals surface area contributed by atoms with Crippen LogP contribution in [0.2, 0.25) is 10.0 Å². The third kappa shape index (κ3) is 7.10. The third-order valence-electron chi connectivity index (χ3n) is 8.78. The van der Waals surface area contributed by atoms with E-state index < -0.39 is 30.4 Å². The largest absolute Gasteiger partial charge is 0.491 e. The van der Waals surface area contributed by atoms with Gasteiger partial charge in [-0.15, -0.1) is 0 Å². The van der Waals surface area contributed by atoms with E-state index in [1.165, 1.54) is 6.33 Å². The molecule has 2 saturated heterocycles. The van der Waals surface area contributed by atoms with Crippen LogP contribution in [0.3, 0.4) is 0 Å². The average Bonchev–Trinajstić information content (AvgIpc) is 3.92. The topological polar surface area (TPSA) is 125 Å². The van der Waals surface area contributed by atoms with Gasteiger partial charge in [-0.1, -0.05) is 29.3 Å². The number of rotatable bonds is 11. The quantitative estimate of drug-likeness (QED) is 0.207. The van der Waals surface area contributed by atoms with E-state index in [4.69, 9.17) is 44.3 Å². The minimum atomic E-state index is -3.28. The third-order valence-corrected chi connectivity index (χ3v) is 9.33. The number of hydrogen-bond acceptors (Lipinski definition) is 10. The molecule has 1 N–H and O–H groups in total. The molecule has 0 bridgehead atoms. The molecule has 4 atom stereocenters. The Kier molecular flexibility index (Phi) is 8.18. The molecule has 13 nitrogen and oxygen atoms in total. The molecule has 5 aromatic rings. The minimum absolute atomic E-state index is 0.233. The second kappa shape index (κ2) is 14.4. The first-order chi connectivity index (χ1) is 26.1. The Balaban J connectivity index is 0.930. The second-order valence-electron chi connectivity index (χ2n) is 11.9. The molecule has 15 heteroatoms. The Hall–Kier alpha value is -4.40. The van der Waals surface area contributed by atoms with E-state index in [1.807, 2.05) is 36.4 Å². The number of aromatic nitrogens is 6. The summed E-state index contributed by atoms with van der Waals surface area (Å²) < 4.78 is 60.8. The fraction of sp³-hybridized carbons (Fsp3) is 0.371. The van der Waals surface area contributed by atoms with Gasteiger partial charge >= 0.3 is 5.69 Å². The van der Waals surface area contributed by atoms with Gasteiger partial charge in [-0.3, -0.25) is 0 Å². The molecule has 2 unspecified atom stereocenters. The first-order valence-electron chi connectivity index (χ1n) is 18.4. The molecule has 0 radical (unpaired) electrons. The fourth-order valence-electron chi connectivity index (χ4n) is 6.08. The Bertz CT molecular complexity index is 2160. The lowest BCUT2D eigenvalue weighted by Gasteiger charge is -2.37.